The van der Waals surface area contributed by atoms with Gasteiger partial charge in [-0.3, -0.25) is 14.4 Å². The van der Waals surface area contributed by atoms with Crippen molar-refractivity contribution in [1.82, 2.24) is 15.1 Å². The average Bonchev–Trinajstić information content (AvgIpc) is 3.50. The van der Waals surface area contributed by atoms with Crippen LogP contribution in [0.15, 0.2) is 18.2 Å². The molecule has 1 aromatic rings. The summed E-state index contributed by atoms with van der Waals surface area (Å²) in [6.45, 7) is 5.09. The van der Waals surface area contributed by atoms with Crippen LogP contribution in [0.5, 0.6) is 0 Å². The number of amides is 4. The number of anilines is 1. The second kappa shape index (κ2) is 9.92. The summed E-state index contributed by atoms with van der Waals surface area (Å²) >= 11 is 0. The Balaban J connectivity index is 1.68. The van der Waals surface area contributed by atoms with Crippen molar-refractivity contribution in [3.8, 4) is 0 Å². The highest BCUT2D eigenvalue weighted by Gasteiger charge is 2.58. The molecule has 0 aromatic heterocycles. The zero-order chi connectivity index (χ0) is 28.0. The molecule has 1 spiro atoms. The summed E-state index contributed by atoms with van der Waals surface area (Å²) in [5.74, 6) is -1.44. The number of fused-ring (bicyclic) bond motifs is 2. The number of nitrogens with zero attached hydrogens (tertiary/aromatic N) is 2. The third-order valence-corrected chi connectivity index (χ3v) is 7.24. The number of carbonyl (C=O) groups is 5. The topological polar surface area (TPSA) is 134 Å². The molecule has 3 atom stereocenters. The maximum Gasteiger partial charge on any atom is 0.408 e. The lowest BCUT2D eigenvalue weighted by Gasteiger charge is -2.29. The van der Waals surface area contributed by atoms with Gasteiger partial charge in [0.15, 0.2) is 0 Å². The monoisotopic (exact) mass is 528 g/mol. The molecule has 1 aromatic carbocycles. The van der Waals surface area contributed by atoms with Crippen LogP contribution in [-0.2, 0) is 29.3 Å². The maximum absolute atomic E-state index is 13.9. The zero-order valence-electron chi connectivity index (χ0n) is 22.8. The first kappa shape index (κ1) is 27.4. The lowest BCUT2D eigenvalue weighted by Crippen LogP contribution is -2.53. The van der Waals surface area contributed by atoms with E-state index < -0.39 is 41.1 Å². The Kier molecular flexibility index (Phi) is 7.15. The number of hydrogen-bond acceptors (Lipinski definition) is 7. The zero-order valence-corrected chi connectivity index (χ0v) is 22.8. The van der Waals surface area contributed by atoms with Gasteiger partial charge in [-0.05, 0) is 63.3 Å². The molecule has 3 aliphatic rings. The molecular weight excluding hydrogens is 492 g/mol. The molecule has 1 saturated heterocycles. The van der Waals surface area contributed by atoms with Crippen molar-refractivity contribution in [3.05, 3.63) is 29.3 Å². The Morgan fingerprint density at radius 1 is 1.21 bits per heavy atom. The molecule has 0 bridgehead atoms. The van der Waals surface area contributed by atoms with Gasteiger partial charge in [-0.2, -0.15) is 0 Å². The van der Waals surface area contributed by atoms with E-state index in [1.54, 1.807) is 53.1 Å². The molecule has 2 heterocycles. The second-order valence-electron chi connectivity index (χ2n) is 11.6. The first-order chi connectivity index (χ1) is 17.8. The van der Waals surface area contributed by atoms with Crippen LogP contribution in [0.3, 0.4) is 0 Å². The Morgan fingerprint density at radius 3 is 2.47 bits per heavy atom. The predicted molar refractivity (Wildman–Crippen MR) is 137 cm³/mol. The summed E-state index contributed by atoms with van der Waals surface area (Å²) in [6.07, 6.45) is 1.56. The molecule has 11 heteroatoms. The highest BCUT2D eigenvalue weighted by atomic mass is 16.6. The van der Waals surface area contributed by atoms with Crippen molar-refractivity contribution in [2.45, 2.75) is 69.6 Å². The fourth-order valence-electron chi connectivity index (χ4n) is 5.21. The fraction of sp³-hybridized carbons (Fsp3) is 0.593. The smallest absolute Gasteiger partial charge is 0.408 e. The number of esters is 1. The lowest BCUT2D eigenvalue weighted by atomic mass is 9.79. The third kappa shape index (κ3) is 5.32. The number of nitrogens with one attached hydrogen (secondary N) is 2. The molecule has 11 nitrogen and oxygen atoms in total. The van der Waals surface area contributed by atoms with E-state index >= 15 is 0 Å². The van der Waals surface area contributed by atoms with Crippen LogP contribution in [0.1, 0.15) is 62.4 Å². The molecule has 206 valence electrons. The molecule has 2 fully saturated rings. The summed E-state index contributed by atoms with van der Waals surface area (Å²) in [7, 11) is 4.50. The van der Waals surface area contributed by atoms with Crippen molar-refractivity contribution >= 4 is 35.5 Å². The first-order valence-corrected chi connectivity index (χ1v) is 12.8. The molecule has 1 saturated carbocycles. The highest BCUT2D eigenvalue weighted by Crippen LogP contribution is 2.47. The fourth-order valence-corrected chi connectivity index (χ4v) is 5.21. The number of rotatable bonds is 6. The van der Waals surface area contributed by atoms with E-state index in [-0.39, 0.29) is 30.7 Å². The van der Waals surface area contributed by atoms with E-state index in [2.05, 4.69) is 10.6 Å². The van der Waals surface area contributed by atoms with Gasteiger partial charge in [0, 0.05) is 31.9 Å². The van der Waals surface area contributed by atoms with Gasteiger partial charge in [-0.25, -0.2) is 9.59 Å². The number of hydrogen-bond donors (Lipinski definition) is 2. The van der Waals surface area contributed by atoms with Crippen molar-refractivity contribution in [3.63, 3.8) is 0 Å². The molecule has 0 unspecified atom stereocenters. The lowest BCUT2D eigenvalue weighted by molar-refractivity contribution is -0.151. The van der Waals surface area contributed by atoms with Crippen LogP contribution in [0, 0.1) is 5.92 Å². The third-order valence-electron chi connectivity index (χ3n) is 7.24. The Labute approximate surface area is 222 Å². The summed E-state index contributed by atoms with van der Waals surface area (Å²) in [4.78, 5) is 68.2. The number of carbonyl (C=O) groups excluding carboxylic acids is 5. The van der Waals surface area contributed by atoms with Gasteiger partial charge in [-0.1, -0.05) is 12.8 Å². The molecule has 2 N–H and O–H groups in total. The maximum atomic E-state index is 13.9. The SMILES string of the molecule is COC(=O)[C@@H]1C[C@@]2(CN1C(=O)[C@H](CC1CC1)NC(=O)OC(C)(C)C)C(=O)Nc1ccc(C(=O)N(C)C)cc12. The van der Waals surface area contributed by atoms with Crippen LogP contribution in [0.4, 0.5) is 10.5 Å². The minimum atomic E-state index is -1.25. The first-order valence-electron chi connectivity index (χ1n) is 12.8. The largest absolute Gasteiger partial charge is 0.467 e. The molecule has 38 heavy (non-hydrogen) atoms. The summed E-state index contributed by atoms with van der Waals surface area (Å²) in [5.41, 5.74) is -0.524. The van der Waals surface area contributed by atoms with Crippen molar-refractivity contribution in [1.29, 1.82) is 0 Å². The minimum absolute atomic E-state index is 0.00750. The number of ether oxygens (including phenoxy) is 2. The minimum Gasteiger partial charge on any atom is -0.467 e. The Morgan fingerprint density at radius 2 is 1.89 bits per heavy atom. The predicted octanol–water partition coefficient (Wildman–Crippen LogP) is 2.05. The average molecular weight is 529 g/mol. The van der Waals surface area contributed by atoms with Crippen molar-refractivity contribution in [2.75, 3.05) is 33.1 Å². The summed E-state index contributed by atoms with van der Waals surface area (Å²) in [5, 5.41) is 5.54. The number of benzene rings is 1. The van der Waals surface area contributed by atoms with Gasteiger partial charge in [0.25, 0.3) is 5.91 Å². The Bertz CT molecular complexity index is 1170. The van der Waals surface area contributed by atoms with Gasteiger partial charge >= 0.3 is 12.1 Å². The standard InChI is InChI=1S/C27H36N4O7/c1-26(2,3)38-25(36)29-19(11-15-7-8-15)22(33)31-14-27(13-20(31)23(34)37-6)17-12-16(21(32)30(4)5)9-10-18(17)28-24(27)35/h9-10,12,15,19-20H,7-8,11,13-14H2,1-6H3,(H,28,35)(H,29,36)/t19-,20-,27-/m0/s1. The van der Waals surface area contributed by atoms with E-state index in [1.165, 1.54) is 16.9 Å². The van der Waals surface area contributed by atoms with Crippen molar-refractivity contribution in [2.24, 2.45) is 5.92 Å². The summed E-state index contributed by atoms with van der Waals surface area (Å²) in [6, 6.07) is 2.98. The van der Waals surface area contributed by atoms with Crippen molar-refractivity contribution < 1.29 is 33.4 Å². The van der Waals surface area contributed by atoms with Gasteiger partial charge in [0.2, 0.25) is 11.8 Å². The molecule has 4 rings (SSSR count). The molecular formula is C27H36N4O7. The van der Waals surface area contributed by atoms with Gasteiger partial charge in [0.05, 0.1) is 12.5 Å². The normalized spacial score (nSPS) is 22.9. The second-order valence-corrected chi connectivity index (χ2v) is 11.6. The molecule has 4 amide bonds. The van der Waals surface area contributed by atoms with E-state index in [4.69, 9.17) is 9.47 Å². The Hall–Kier alpha value is -3.63. The van der Waals surface area contributed by atoms with E-state index in [9.17, 15) is 24.0 Å². The van der Waals surface area contributed by atoms with Crippen LogP contribution in [0.2, 0.25) is 0 Å². The molecule has 1 aliphatic carbocycles. The van der Waals surface area contributed by atoms with Gasteiger partial charge in [-0.15, -0.1) is 0 Å². The summed E-state index contributed by atoms with van der Waals surface area (Å²) < 4.78 is 10.4. The van der Waals surface area contributed by atoms with E-state index in [0.29, 0.717) is 23.2 Å². The molecule has 0 radical (unpaired) electrons. The van der Waals surface area contributed by atoms with E-state index in [1.807, 2.05) is 0 Å². The van der Waals surface area contributed by atoms with Crippen LogP contribution in [0.25, 0.3) is 0 Å². The quantitative estimate of drug-likeness (QED) is 0.540. The molecule has 2 aliphatic heterocycles. The highest BCUT2D eigenvalue weighted by molar-refractivity contribution is 6.09. The van der Waals surface area contributed by atoms with Gasteiger partial charge in [0.1, 0.15) is 17.7 Å². The number of methoxy groups -OCH3 is 1. The van der Waals surface area contributed by atoms with E-state index in [0.717, 1.165) is 12.8 Å². The van der Waals surface area contributed by atoms with Crippen LogP contribution < -0.4 is 10.6 Å². The van der Waals surface area contributed by atoms with Gasteiger partial charge < -0.3 is 29.9 Å². The number of alkyl carbamates (subject to hydrolysis) is 1. The van der Waals surface area contributed by atoms with Crippen LogP contribution >= 0.6 is 0 Å². The van der Waals surface area contributed by atoms with Crippen LogP contribution in [-0.4, -0.2) is 85.0 Å². The number of likely N-dealkylation sites (tertiary alicyclic amines) is 1.